The van der Waals surface area contributed by atoms with Crippen LogP contribution in [0.15, 0.2) is 24.3 Å². The maximum Gasteiger partial charge on any atom is 0.151 e. The van der Waals surface area contributed by atoms with Crippen molar-refractivity contribution in [3.63, 3.8) is 0 Å². The fourth-order valence-corrected chi connectivity index (χ4v) is 5.32. The predicted molar refractivity (Wildman–Crippen MR) is 84.5 cm³/mol. The monoisotopic (exact) mass is 297 g/mol. The van der Waals surface area contributed by atoms with Gasteiger partial charge in [-0.1, -0.05) is 24.6 Å². The summed E-state index contributed by atoms with van der Waals surface area (Å²) in [7, 11) is -2.82. The summed E-state index contributed by atoms with van der Waals surface area (Å²) in [6.45, 7) is 10.1. The SMILES string of the molecule is C=CCN(C[C@@H]1C(C)=CCC[C@H]1C)[C@H]1CCS(=O)(=O)C1. The van der Waals surface area contributed by atoms with Gasteiger partial charge in [0.25, 0.3) is 0 Å². The van der Waals surface area contributed by atoms with Gasteiger partial charge in [-0.3, -0.25) is 4.90 Å². The van der Waals surface area contributed by atoms with Crippen LogP contribution >= 0.6 is 0 Å². The third-order valence-electron chi connectivity index (χ3n) is 4.88. The Morgan fingerprint density at radius 3 is 2.75 bits per heavy atom. The molecular weight excluding hydrogens is 270 g/mol. The molecule has 2 rings (SSSR count). The van der Waals surface area contributed by atoms with Crippen molar-refractivity contribution in [1.29, 1.82) is 0 Å². The molecule has 0 radical (unpaired) electrons. The Hall–Kier alpha value is -0.610. The van der Waals surface area contributed by atoms with Crippen molar-refractivity contribution in [2.75, 3.05) is 24.6 Å². The lowest BCUT2D eigenvalue weighted by molar-refractivity contribution is 0.179. The van der Waals surface area contributed by atoms with E-state index in [1.54, 1.807) is 0 Å². The topological polar surface area (TPSA) is 37.4 Å². The zero-order chi connectivity index (χ0) is 14.8. The average Bonchev–Trinajstić information content (AvgIpc) is 2.73. The molecule has 0 saturated carbocycles. The minimum Gasteiger partial charge on any atom is -0.295 e. The van der Waals surface area contributed by atoms with Crippen LogP contribution in [0.1, 0.15) is 33.1 Å². The Balaban J connectivity index is 2.07. The lowest BCUT2D eigenvalue weighted by atomic mass is 9.79. The molecule has 1 aliphatic carbocycles. The van der Waals surface area contributed by atoms with Gasteiger partial charge in [-0.2, -0.15) is 0 Å². The summed E-state index contributed by atoms with van der Waals surface area (Å²) in [5.41, 5.74) is 1.47. The van der Waals surface area contributed by atoms with Crippen LogP contribution in [0.3, 0.4) is 0 Å². The molecule has 0 bridgehead atoms. The van der Waals surface area contributed by atoms with Crippen molar-refractivity contribution < 1.29 is 8.42 Å². The molecular formula is C16H27NO2S. The first kappa shape index (κ1) is 15.8. The quantitative estimate of drug-likeness (QED) is 0.732. The Morgan fingerprint density at radius 1 is 1.45 bits per heavy atom. The van der Waals surface area contributed by atoms with Crippen LogP contribution in [0.2, 0.25) is 0 Å². The second-order valence-electron chi connectivity index (χ2n) is 6.41. The second-order valence-corrected chi connectivity index (χ2v) is 8.64. The summed E-state index contributed by atoms with van der Waals surface area (Å²) in [6, 6.07) is 0.180. The summed E-state index contributed by atoms with van der Waals surface area (Å²) in [5.74, 6) is 1.92. The zero-order valence-corrected chi connectivity index (χ0v) is 13.5. The molecule has 1 aliphatic heterocycles. The molecule has 0 aromatic carbocycles. The summed E-state index contributed by atoms with van der Waals surface area (Å²) in [4.78, 5) is 2.33. The van der Waals surface area contributed by atoms with Crippen LogP contribution in [0.25, 0.3) is 0 Å². The molecule has 0 spiro atoms. The minimum absolute atomic E-state index is 0.180. The van der Waals surface area contributed by atoms with Gasteiger partial charge < -0.3 is 0 Å². The van der Waals surface area contributed by atoms with Gasteiger partial charge in [0.15, 0.2) is 9.84 Å². The van der Waals surface area contributed by atoms with Crippen molar-refractivity contribution >= 4 is 9.84 Å². The maximum absolute atomic E-state index is 11.7. The fourth-order valence-electron chi connectivity index (χ4n) is 3.55. The maximum atomic E-state index is 11.7. The number of allylic oxidation sites excluding steroid dienone is 1. The van der Waals surface area contributed by atoms with Crippen LogP contribution < -0.4 is 0 Å². The first-order valence-electron chi connectivity index (χ1n) is 7.65. The Labute approximate surface area is 123 Å². The van der Waals surface area contributed by atoms with E-state index in [1.165, 1.54) is 18.4 Å². The summed E-state index contributed by atoms with van der Waals surface area (Å²) < 4.78 is 23.4. The van der Waals surface area contributed by atoms with Crippen LogP contribution in [0, 0.1) is 11.8 Å². The van der Waals surface area contributed by atoms with Gasteiger partial charge >= 0.3 is 0 Å². The lowest BCUT2D eigenvalue weighted by Crippen LogP contribution is -2.41. The molecule has 1 heterocycles. The predicted octanol–water partition coefficient (Wildman–Crippen LogP) is 2.65. The van der Waals surface area contributed by atoms with E-state index in [-0.39, 0.29) is 6.04 Å². The van der Waals surface area contributed by atoms with Gasteiger partial charge in [-0.15, -0.1) is 6.58 Å². The molecule has 4 heteroatoms. The van der Waals surface area contributed by atoms with Crippen LogP contribution in [0.4, 0.5) is 0 Å². The highest BCUT2D eigenvalue weighted by molar-refractivity contribution is 7.91. The van der Waals surface area contributed by atoms with E-state index >= 15 is 0 Å². The van der Waals surface area contributed by atoms with Gasteiger partial charge in [0.1, 0.15) is 0 Å². The van der Waals surface area contributed by atoms with E-state index in [0.717, 1.165) is 19.5 Å². The summed E-state index contributed by atoms with van der Waals surface area (Å²) in [6.07, 6.45) is 7.45. The van der Waals surface area contributed by atoms with Gasteiger partial charge in [0.05, 0.1) is 11.5 Å². The number of sulfone groups is 1. The van der Waals surface area contributed by atoms with Crippen molar-refractivity contribution in [2.45, 2.75) is 39.2 Å². The zero-order valence-electron chi connectivity index (χ0n) is 12.7. The first-order valence-corrected chi connectivity index (χ1v) is 9.47. The van der Waals surface area contributed by atoms with E-state index in [2.05, 4.69) is 31.4 Å². The van der Waals surface area contributed by atoms with Crippen molar-refractivity contribution in [3.05, 3.63) is 24.3 Å². The number of hydrogen-bond donors (Lipinski definition) is 0. The van der Waals surface area contributed by atoms with E-state index in [9.17, 15) is 8.42 Å². The Morgan fingerprint density at radius 2 is 2.20 bits per heavy atom. The third kappa shape index (κ3) is 3.73. The highest BCUT2D eigenvalue weighted by Crippen LogP contribution is 2.32. The van der Waals surface area contributed by atoms with Crippen LogP contribution in [-0.4, -0.2) is 44.0 Å². The number of nitrogens with zero attached hydrogens (tertiary/aromatic N) is 1. The highest BCUT2D eigenvalue weighted by atomic mass is 32.2. The largest absolute Gasteiger partial charge is 0.295 e. The number of rotatable bonds is 5. The van der Waals surface area contributed by atoms with Crippen molar-refractivity contribution in [3.8, 4) is 0 Å². The Kier molecular flexibility index (Phi) is 5.08. The summed E-state index contributed by atoms with van der Waals surface area (Å²) in [5, 5.41) is 0. The molecule has 0 unspecified atom stereocenters. The molecule has 3 nitrogen and oxygen atoms in total. The first-order chi connectivity index (χ1) is 9.43. The standard InChI is InChI=1S/C16H27NO2S/c1-4-9-17(15-8-10-20(18,19)12-15)11-16-13(2)6-5-7-14(16)3/h4,6,14-16H,1,5,7-12H2,2-3H3/t14-,15+,16-/m1/s1. The van der Waals surface area contributed by atoms with Gasteiger partial charge in [0, 0.05) is 19.1 Å². The summed E-state index contributed by atoms with van der Waals surface area (Å²) >= 11 is 0. The molecule has 1 fully saturated rings. The molecule has 3 atom stereocenters. The van der Waals surface area contributed by atoms with Crippen LogP contribution in [-0.2, 0) is 9.84 Å². The molecule has 0 aromatic rings. The smallest absolute Gasteiger partial charge is 0.151 e. The van der Waals surface area contributed by atoms with Crippen molar-refractivity contribution in [2.24, 2.45) is 11.8 Å². The number of hydrogen-bond acceptors (Lipinski definition) is 3. The minimum atomic E-state index is -2.82. The lowest BCUT2D eigenvalue weighted by Gasteiger charge is -2.36. The molecule has 2 aliphatic rings. The Bertz CT molecular complexity index is 481. The molecule has 114 valence electrons. The third-order valence-corrected chi connectivity index (χ3v) is 6.63. The fraction of sp³-hybridized carbons (Fsp3) is 0.750. The van der Waals surface area contributed by atoms with Gasteiger partial charge in [-0.25, -0.2) is 8.42 Å². The molecule has 20 heavy (non-hydrogen) atoms. The van der Waals surface area contributed by atoms with Gasteiger partial charge in [0.2, 0.25) is 0 Å². The van der Waals surface area contributed by atoms with E-state index in [1.807, 2.05) is 6.08 Å². The second kappa shape index (κ2) is 6.44. The molecule has 0 aromatic heterocycles. The normalized spacial score (nSPS) is 33.1. The van der Waals surface area contributed by atoms with Crippen LogP contribution in [0.5, 0.6) is 0 Å². The average molecular weight is 297 g/mol. The van der Waals surface area contributed by atoms with E-state index in [0.29, 0.717) is 23.3 Å². The van der Waals surface area contributed by atoms with Crippen molar-refractivity contribution in [1.82, 2.24) is 4.90 Å². The highest BCUT2D eigenvalue weighted by Gasteiger charge is 2.34. The van der Waals surface area contributed by atoms with E-state index < -0.39 is 9.84 Å². The molecule has 1 saturated heterocycles. The molecule has 0 N–H and O–H groups in total. The van der Waals surface area contributed by atoms with Gasteiger partial charge in [-0.05, 0) is 38.0 Å². The van der Waals surface area contributed by atoms with E-state index in [4.69, 9.17) is 0 Å². The molecule has 0 amide bonds.